The SMILES string of the molecule is CCCCc1ccccc1CCCO.[CH2-]CCc1ccccc1OCCC.[CH2-]COc1ccccc1CC(O)CC.[CH2-]COc1ccccc1CC([CH2-])C.[W].[W].[Y].[Y]. The molecule has 0 aliphatic rings. The molecule has 4 rings (SSSR count). The Morgan fingerprint density at radius 2 is 0.966 bits per heavy atom. The zero-order valence-electron chi connectivity index (χ0n) is 35.9. The zero-order chi connectivity index (χ0) is 39.8. The second kappa shape index (κ2) is 43.4. The Hall–Kier alpha value is -0.216. The fourth-order valence-electron chi connectivity index (χ4n) is 5.56. The Labute approximate surface area is 433 Å². The minimum atomic E-state index is -0.287. The fraction of sp³-hybridized carbons (Fsp3) is 0.429. The van der Waals surface area contributed by atoms with E-state index in [0.29, 0.717) is 32.2 Å². The van der Waals surface area contributed by atoms with Crippen LogP contribution in [0.1, 0.15) is 94.0 Å². The first-order valence-corrected chi connectivity index (χ1v) is 20.0. The topological polar surface area (TPSA) is 68.2 Å². The second-order valence-corrected chi connectivity index (χ2v) is 13.2. The van der Waals surface area contributed by atoms with Crippen LogP contribution in [0.2, 0.25) is 0 Å². The average Bonchev–Trinajstić information content (AvgIpc) is 3.18. The van der Waals surface area contributed by atoms with Gasteiger partial charge in [0.15, 0.2) is 0 Å². The van der Waals surface area contributed by atoms with Crippen molar-refractivity contribution in [2.75, 3.05) is 26.4 Å². The quantitative estimate of drug-likeness (QED) is 0.0863. The summed E-state index contributed by atoms with van der Waals surface area (Å²) >= 11 is 0. The Balaban J connectivity index is -0.000000328. The van der Waals surface area contributed by atoms with Crippen LogP contribution >= 0.6 is 0 Å². The van der Waals surface area contributed by atoms with Crippen molar-refractivity contribution in [1.29, 1.82) is 0 Å². The van der Waals surface area contributed by atoms with Crippen molar-refractivity contribution in [3.05, 3.63) is 153 Å². The van der Waals surface area contributed by atoms with Crippen LogP contribution in [0.15, 0.2) is 97.1 Å². The number of aliphatic hydroxyl groups excluding tert-OH is 2. The summed E-state index contributed by atoms with van der Waals surface area (Å²) in [6.45, 7) is 25.5. The third-order valence-electron chi connectivity index (χ3n) is 8.36. The molecule has 2 radical (unpaired) electrons. The van der Waals surface area contributed by atoms with E-state index in [1.807, 2.05) is 67.6 Å². The summed E-state index contributed by atoms with van der Waals surface area (Å²) in [5.41, 5.74) is 6.41. The summed E-state index contributed by atoms with van der Waals surface area (Å²) in [5.74, 6) is 3.20. The number of hydrogen-bond acceptors (Lipinski definition) is 5. The summed E-state index contributed by atoms with van der Waals surface area (Å²) in [6, 6.07) is 32.6. The van der Waals surface area contributed by atoms with Crippen molar-refractivity contribution in [1.82, 2.24) is 0 Å². The molecule has 4 aromatic rings. The number of unbranched alkanes of at least 4 members (excludes halogenated alkanes) is 1. The maximum Gasteiger partial charge on any atom is 0.122 e. The Kier molecular flexibility index (Phi) is 48.2. The molecule has 0 aliphatic heterocycles. The first kappa shape index (κ1) is 64.4. The van der Waals surface area contributed by atoms with Crippen LogP contribution in [-0.4, -0.2) is 42.7 Å². The van der Waals surface area contributed by atoms with Crippen LogP contribution < -0.4 is 14.2 Å². The molecular formula is C49H70O5W2Y2-4. The van der Waals surface area contributed by atoms with Crippen LogP contribution in [0.25, 0.3) is 0 Å². The molecule has 0 aliphatic carbocycles. The summed E-state index contributed by atoms with van der Waals surface area (Å²) in [4.78, 5) is 0. The molecule has 0 fully saturated rings. The average molecular weight is 1280 g/mol. The second-order valence-electron chi connectivity index (χ2n) is 13.2. The number of benzene rings is 4. The first-order chi connectivity index (χ1) is 26.3. The molecule has 0 saturated carbocycles. The maximum atomic E-state index is 9.53. The van der Waals surface area contributed by atoms with E-state index < -0.39 is 0 Å². The number of rotatable bonds is 20. The molecule has 2 atom stereocenters. The van der Waals surface area contributed by atoms with Gasteiger partial charge in [0.2, 0.25) is 0 Å². The van der Waals surface area contributed by atoms with E-state index in [2.05, 4.69) is 84.9 Å². The van der Waals surface area contributed by atoms with Crippen molar-refractivity contribution in [2.24, 2.45) is 5.92 Å². The third-order valence-corrected chi connectivity index (χ3v) is 8.36. The van der Waals surface area contributed by atoms with Crippen LogP contribution in [-0.2, 0) is 140 Å². The number of hydrogen-bond donors (Lipinski definition) is 2. The summed E-state index contributed by atoms with van der Waals surface area (Å²) in [7, 11) is 0. The fourth-order valence-corrected chi connectivity index (χ4v) is 5.56. The van der Waals surface area contributed by atoms with Gasteiger partial charge in [-0.15, -0.1) is 0 Å². The van der Waals surface area contributed by atoms with Crippen molar-refractivity contribution >= 4 is 0 Å². The molecule has 0 saturated heterocycles. The van der Waals surface area contributed by atoms with Gasteiger partial charge in [-0.3, -0.25) is 0 Å². The molecule has 0 aromatic heterocycles. The molecule has 2 N–H and O–H groups in total. The molecule has 4 aromatic carbocycles. The van der Waals surface area contributed by atoms with Crippen LogP contribution in [0.5, 0.6) is 17.2 Å². The number of para-hydroxylation sites is 3. The van der Waals surface area contributed by atoms with E-state index in [1.165, 1.54) is 41.5 Å². The molecule has 0 spiro atoms. The van der Waals surface area contributed by atoms with Gasteiger partial charge in [-0.1, -0.05) is 119 Å². The van der Waals surface area contributed by atoms with Gasteiger partial charge < -0.3 is 52.1 Å². The molecule has 0 amide bonds. The van der Waals surface area contributed by atoms with Crippen molar-refractivity contribution in [3.8, 4) is 17.2 Å². The largest absolute Gasteiger partial charge is 0.525 e. The van der Waals surface area contributed by atoms with Crippen molar-refractivity contribution < 1.29 is 132 Å². The molecule has 0 heterocycles. The smallest absolute Gasteiger partial charge is 0.122 e. The van der Waals surface area contributed by atoms with Gasteiger partial charge in [0, 0.05) is 121 Å². The molecule has 5 nitrogen and oxygen atoms in total. The molecular weight excluding hydrogens is 1210 g/mol. The van der Waals surface area contributed by atoms with Gasteiger partial charge in [0.25, 0.3) is 0 Å². The predicted octanol–water partition coefficient (Wildman–Crippen LogP) is 11.3. The van der Waals surface area contributed by atoms with E-state index >= 15 is 0 Å². The van der Waals surface area contributed by atoms with Gasteiger partial charge in [-0.25, -0.2) is 0 Å². The standard InChI is InChI=1S/C13H20O.C12H17O2.C12H16O.C12H17O.2W.2Y/c1-2-3-7-12-8-4-5-9-13(12)10-6-11-14;1-3-11(13)9-10-7-5-6-8-12(10)14-4-2;1-4-13-12-8-6-5-7-11(12)9-10(2)3;1-3-7-11-8-5-6-9-12(11)13-10-4-2;;;;/h4-5,8-9,14H,2-3,6-7,10-11H2,1H3;5-8,11,13H,2-4,9H2,1H3;5-8,10H,1-2,4,9H2,3H3;5-6,8-9H,1,3-4,7,10H2,2H3;;;;/q;-1;-2;-1;;;;. The van der Waals surface area contributed by atoms with Crippen LogP contribution in [0.4, 0.5) is 0 Å². The minimum Gasteiger partial charge on any atom is -0.525 e. The molecule has 318 valence electrons. The molecule has 2 unspecified atom stereocenters. The van der Waals surface area contributed by atoms with E-state index in [1.54, 1.807) is 0 Å². The normalized spacial score (nSPS) is 10.6. The number of aliphatic hydroxyl groups is 2. The summed E-state index contributed by atoms with van der Waals surface area (Å²) in [5, 5.41) is 18.3. The van der Waals surface area contributed by atoms with E-state index in [4.69, 9.17) is 19.3 Å². The van der Waals surface area contributed by atoms with E-state index in [9.17, 15) is 5.11 Å². The van der Waals surface area contributed by atoms with Crippen molar-refractivity contribution in [2.45, 2.75) is 104 Å². The van der Waals surface area contributed by atoms with Gasteiger partial charge in [0.1, 0.15) is 17.2 Å². The van der Waals surface area contributed by atoms with Gasteiger partial charge >= 0.3 is 0 Å². The Morgan fingerprint density at radius 3 is 1.36 bits per heavy atom. The number of aryl methyl sites for hydroxylation is 3. The van der Waals surface area contributed by atoms with E-state index in [-0.39, 0.29) is 114 Å². The Morgan fingerprint density at radius 1 is 0.552 bits per heavy atom. The Bertz CT molecular complexity index is 1460. The third kappa shape index (κ3) is 29.9. The first-order valence-electron chi connectivity index (χ1n) is 20.0. The van der Waals surface area contributed by atoms with E-state index in [0.717, 1.165) is 74.4 Å². The van der Waals surface area contributed by atoms with Gasteiger partial charge in [-0.2, -0.15) is 12.3 Å². The van der Waals surface area contributed by atoms with Crippen LogP contribution in [0, 0.1) is 33.6 Å². The maximum absolute atomic E-state index is 9.53. The van der Waals surface area contributed by atoms with Gasteiger partial charge in [0.05, 0.1) is 12.7 Å². The monoisotopic (exact) mass is 1280 g/mol. The zero-order valence-corrected chi connectivity index (χ0v) is 47.5. The summed E-state index contributed by atoms with van der Waals surface area (Å²) < 4.78 is 16.4. The predicted molar refractivity (Wildman–Crippen MR) is 229 cm³/mol. The number of ether oxygens (including phenoxy) is 3. The minimum absolute atomic E-state index is 0. The van der Waals surface area contributed by atoms with Crippen LogP contribution in [0.3, 0.4) is 0 Å². The van der Waals surface area contributed by atoms with Gasteiger partial charge in [-0.05, 0) is 104 Å². The van der Waals surface area contributed by atoms with Crippen molar-refractivity contribution in [3.63, 3.8) is 0 Å². The molecule has 9 heteroatoms. The molecule has 0 bridgehead atoms. The summed E-state index contributed by atoms with van der Waals surface area (Å²) in [6.07, 6.45) is 10.6. The molecule has 58 heavy (non-hydrogen) atoms.